The molecule has 0 saturated heterocycles. The molecule has 138 valence electrons. The molecule has 0 bridgehead atoms. The highest BCUT2D eigenvalue weighted by atomic mass is 35.5. The van der Waals surface area contributed by atoms with Gasteiger partial charge in [-0.25, -0.2) is 4.98 Å². The van der Waals surface area contributed by atoms with Crippen molar-refractivity contribution in [3.05, 3.63) is 70.2 Å². The molecule has 27 heavy (non-hydrogen) atoms. The Bertz CT molecular complexity index is 954. The molecular weight excluding hydrogens is 384 g/mol. The quantitative estimate of drug-likeness (QED) is 0.493. The lowest BCUT2D eigenvalue weighted by Crippen LogP contribution is -2.26. The summed E-state index contributed by atoms with van der Waals surface area (Å²) in [5, 5.41) is 6.41. The molecule has 2 aromatic carbocycles. The van der Waals surface area contributed by atoms with Crippen molar-refractivity contribution in [2.24, 2.45) is 0 Å². The maximum absolute atomic E-state index is 12.4. The van der Waals surface area contributed by atoms with E-state index in [1.165, 1.54) is 6.92 Å². The van der Waals surface area contributed by atoms with Crippen LogP contribution in [0.4, 0.5) is 0 Å². The van der Waals surface area contributed by atoms with Crippen LogP contribution in [-0.4, -0.2) is 23.4 Å². The molecule has 1 amide bonds. The lowest BCUT2D eigenvalue weighted by molar-refractivity contribution is -0.131. The molecule has 0 atom stereocenters. The van der Waals surface area contributed by atoms with E-state index in [1.807, 2.05) is 29.6 Å². The summed E-state index contributed by atoms with van der Waals surface area (Å²) >= 11 is 7.46. The molecule has 0 fully saturated rings. The SMILES string of the molecule is CC(=O)Oc1ccccc1C(=O)NCCc1csc(-c2ccc(Cl)cc2)n1. The number of aromatic nitrogens is 1. The Hall–Kier alpha value is -2.70. The van der Waals surface area contributed by atoms with Crippen molar-refractivity contribution in [1.29, 1.82) is 0 Å². The Kier molecular flexibility index (Phi) is 6.21. The number of hydrogen-bond acceptors (Lipinski definition) is 5. The summed E-state index contributed by atoms with van der Waals surface area (Å²) in [6.07, 6.45) is 0.603. The number of amides is 1. The molecule has 7 heteroatoms. The Morgan fingerprint density at radius 3 is 2.63 bits per heavy atom. The highest BCUT2D eigenvalue weighted by molar-refractivity contribution is 7.13. The van der Waals surface area contributed by atoms with Crippen molar-refractivity contribution in [1.82, 2.24) is 10.3 Å². The number of para-hydroxylation sites is 1. The molecule has 0 aliphatic rings. The first-order chi connectivity index (χ1) is 13.0. The highest BCUT2D eigenvalue weighted by Gasteiger charge is 2.13. The first kappa shape index (κ1) is 19.1. The minimum atomic E-state index is -0.465. The first-order valence-corrected chi connectivity index (χ1v) is 9.54. The number of nitrogens with one attached hydrogen (secondary N) is 1. The molecule has 0 aliphatic heterocycles. The third-order valence-corrected chi connectivity index (χ3v) is 4.89. The molecule has 3 rings (SSSR count). The van der Waals surface area contributed by atoms with Gasteiger partial charge in [0.1, 0.15) is 10.8 Å². The minimum absolute atomic E-state index is 0.251. The van der Waals surface area contributed by atoms with Crippen LogP contribution in [0.25, 0.3) is 10.6 Å². The van der Waals surface area contributed by atoms with E-state index in [9.17, 15) is 9.59 Å². The second-order valence-corrected chi connectivity index (χ2v) is 7.04. The molecule has 0 spiro atoms. The molecular formula is C20H17ClN2O3S. The van der Waals surface area contributed by atoms with Crippen LogP contribution in [0.15, 0.2) is 53.9 Å². The van der Waals surface area contributed by atoms with E-state index < -0.39 is 5.97 Å². The number of halogens is 1. The first-order valence-electron chi connectivity index (χ1n) is 8.29. The third-order valence-electron chi connectivity index (χ3n) is 3.69. The van der Waals surface area contributed by atoms with E-state index in [0.717, 1.165) is 16.3 Å². The zero-order valence-electron chi connectivity index (χ0n) is 14.6. The van der Waals surface area contributed by atoms with Gasteiger partial charge < -0.3 is 10.1 Å². The van der Waals surface area contributed by atoms with Gasteiger partial charge in [0.05, 0.1) is 11.3 Å². The number of nitrogens with zero attached hydrogens (tertiary/aromatic N) is 1. The molecule has 1 heterocycles. The van der Waals surface area contributed by atoms with Gasteiger partial charge in [0.25, 0.3) is 5.91 Å². The normalized spacial score (nSPS) is 10.4. The molecule has 0 aliphatic carbocycles. The molecule has 0 saturated carbocycles. The Labute approximate surface area is 166 Å². The predicted octanol–water partition coefficient (Wildman–Crippen LogP) is 4.36. The summed E-state index contributed by atoms with van der Waals surface area (Å²) in [6.45, 7) is 1.73. The van der Waals surface area contributed by atoms with E-state index in [-0.39, 0.29) is 11.7 Å². The maximum Gasteiger partial charge on any atom is 0.308 e. The fraction of sp³-hybridized carbons (Fsp3) is 0.150. The number of ether oxygens (including phenoxy) is 1. The summed E-state index contributed by atoms with van der Waals surface area (Å²) in [5.41, 5.74) is 2.24. The van der Waals surface area contributed by atoms with Gasteiger partial charge in [0.2, 0.25) is 0 Å². The third kappa shape index (κ3) is 5.15. The summed E-state index contributed by atoms with van der Waals surface area (Å²) in [4.78, 5) is 28.1. The second kappa shape index (κ2) is 8.79. The Morgan fingerprint density at radius 2 is 1.89 bits per heavy atom. The van der Waals surface area contributed by atoms with E-state index in [1.54, 1.807) is 35.6 Å². The number of rotatable bonds is 6. The van der Waals surface area contributed by atoms with Crippen LogP contribution in [0, 0.1) is 0 Å². The highest BCUT2D eigenvalue weighted by Crippen LogP contribution is 2.25. The van der Waals surface area contributed by atoms with Crippen molar-refractivity contribution in [2.45, 2.75) is 13.3 Å². The van der Waals surface area contributed by atoms with Gasteiger partial charge in [0, 0.05) is 35.9 Å². The monoisotopic (exact) mass is 400 g/mol. The Balaban J connectivity index is 1.58. The van der Waals surface area contributed by atoms with Crippen LogP contribution < -0.4 is 10.1 Å². The van der Waals surface area contributed by atoms with Crippen LogP contribution in [0.1, 0.15) is 23.0 Å². The van der Waals surface area contributed by atoms with Gasteiger partial charge >= 0.3 is 5.97 Å². The average Bonchev–Trinajstić information content (AvgIpc) is 3.11. The lowest BCUT2D eigenvalue weighted by Gasteiger charge is -2.09. The number of thiazole rings is 1. The van der Waals surface area contributed by atoms with Crippen LogP contribution in [-0.2, 0) is 11.2 Å². The van der Waals surface area contributed by atoms with Gasteiger partial charge in [-0.15, -0.1) is 11.3 Å². The number of hydrogen-bond donors (Lipinski definition) is 1. The van der Waals surface area contributed by atoms with Crippen LogP contribution >= 0.6 is 22.9 Å². The Morgan fingerprint density at radius 1 is 1.15 bits per heavy atom. The van der Waals surface area contributed by atoms with Gasteiger partial charge in [-0.05, 0) is 24.3 Å². The van der Waals surface area contributed by atoms with E-state index >= 15 is 0 Å². The molecule has 1 N–H and O–H groups in total. The number of benzene rings is 2. The lowest BCUT2D eigenvalue weighted by atomic mass is 10.2. The summed E-state index contributed by atoms with van der Waals surface area (Å²) in [5.74, 6) is -0.506. The van der Waals surface area contributed by atoms with Crippen LogP contribution in [0.5, 0.6) is 5.75 Å². The van der Waals surface area contributed by atoms with Gasteiger partial charge in [0.15, 0.2) is 0 Å². The number of carbonyl (C=O) groups is 2. The molecule has 3 aromatic rings. The summed E-state index contributed by atoms with van der Waals surface area (Å²) in [7, 11) is 0. The zero-order valence-corrected chi connectivity index (χ0v) is 16.1. The van der Waals surface area contributed by atoms with E-state index in [0.29, 0.717) is 23.6 Å². The maximum atomic E-state index is 12.4. The number of esters is 1. The van der Waals surface area contributed by atoms with Crippen molar-refractivity contribution in [2.75, 3.05) is 6.54 Å². The number of carbonyl (C=O) groups excluding carboxylic acids is 2. The van der Waals surface area contributed by atoms with Gasteiger partial charge in [-0.1, -0.05) is 35.9 Å². The van der Waals surface area contributed by atoms with E-state index in [2.05, 4.69) is 10.3 Å². The summed E-state index contributed by atoms with van der Waals surface area (Å²) in [6, 6.07) is 14.2. The second-order valence-electron chi connectivity index (χ2n) is 5.75. The molecule has 0 unspecified atom stereocenters. The van der Waals surface area contributed by atoms with Crippen LogP contribution in [0.3, 0.4) is 0 Å². The largest absolute Gasteiger partial charge is 0.426 e. The van der Waals surface area contributed by atoms with Gasteiger partial charge in [-0.2, -0.15) is 0 Å². The minimum Gasteiger partial charge on any atom is -0.426 e. The van der Waals surface area contributed by atoms with Crippen molar-refractivity contribution in [3.63, 3.8) is 0 Å². The smallest absolute Gasteiger partial charge is 0.308 e. The zero-order chi connectivity index (χ0) is 19.2. The average molecular weight is 401 g/mol. The standard InChI is InChI=1S/C20H17ClN2O3S/c1-13(24)26-18-5-3-2-4-17(18)19(25)22-11-10-16-12-27-20(23-16)14-6-8-15(21)9-7-14/h2-9,12H,10-11H2,1H3,(H,22,25). The predicted molar refractivity (Wildman–Crippen MR) is 106 cm³/mol. The fourth-order valence-electron chi connectivity index (χ4n) is 2.44. The fourth-order valence-corrected chi connectivity index (χ4v) is 3.43. The molecule has 0 radical (unpaired) electrons. The molecule has 5 nitrogen and oxygen atoms in total. The van der Waals surface area contributed by atoms with Crippen molar-refractivity contribution >= 4 is 34.8 Å². The van der Waals surface area contributed by atoms with E-state index in [4.69, 9.17) is 16.3 Å². The summed E-state index contributed by atoms with van der Waals surface area (Å²) < 4.78 is 5.07. The topological polar surface area (TPSA) is 68.3 Å². The van der Waals surface area contributed by atoms with Crippen molar-refractivity contribution in [3.8, 4) is 16.3 Å². The van der Waals surface area contributed by atoms with Crippen molar-refractivity contribution < 1.29 is 14.3 Å². The van der Waals surface area contributed by atoms with Gasteiger partial charge in [-0.3, -0.25) is 9.59 Å². The molecule has 1 aromatic heterocycles. The van der Waals surface area contributed by atoms with Crippen LogP contribution in [0.2, 0.25) is 5.02 Å².